The largest absolute Gasteiger partial charge is 0.394 e. The van der Waals surface area contributed by atoms with E-state index >= 15 is 0 Å². The Balaban J connectivity index is 2.15. The highest BCUT2D eigenvalue weighted by Gasteiger charge is 2.15. The second-order valence-corrected chi connectivity index (χ2v) is 4.35. The maximum atomic E-state index is 11.1. The molecular weight excluding hydrogens is 206 g/mol. The highest BCUT2D eigenvalue weighted by molar-refractivity contribution is 5.83. The van der Waals surface area contributed by atoms with Crippen LogP contribution in [0.25, 0.3) is 0 Å². The minimum Gasteiger partial charge on any atom is -0.394 e. The van der Waals surface area contributed by atoms with Crippen LogP contribution in [0.3, 0.4) is 0 Å². The number of carbonyl (C=O) groups excluding carboxylic acids is 1. The number of nitrogens with zero attached hydrogens (tertiary/aromatic N) is 2. The summed E-state index contributed by atoms with van der Waals surface area (Å²) in [5, 5.41) is 6.80. The normalized spacial score (nSPS) is 18.8. The molecule has 0 saturated carbocycles. The van der Waals surface area contributed by atoms with Crippen molar-refractivity contribution in [2.24, 2.45) is 11.1 Å². The summed E-state index contributed by atoms with van der Waals surface area (Å²) in [5.74, 6) is 0.508. The summed E-state index contributed by atoms with van der Waals surface area (Å²) in [5.41, 5.74) is 0.997. The van der Waals surface area contributed by atoms with E-state index < -0.39 is 0 Å². The van der Waals surface area contributed by atoms with Crippen molar-refractivity contribution < 1.29 is 9.63 Å². The van der Waals surface area contributed by atoms with Gasteiger partial charge in [0, 0.05) is 19.6 Å². The van der Waals surface area contributed by atoms with Gasteiger partial charge in [0.2, 0.25) is 5.91 Å². The SMILES string of the molecule is C/C(=N\OCCN1CCNC(=O)C1)C(C)C. The lowest BCUT2D eigenvalue weighted by Gasteiger charge is -2.25. The van der Waals surface area contributed by atoms with Crippen LogP contribution in [0.15, 0.2) is 5.16 Å². The fraction of sp³-hybridized carbons (Fsp3) is 0.818. The number of oxime groups is 1. The molecule has 0 radical (unpaired) electrons. The molecular formula is C11H21N3O2. The minimum absolute atomic E-state index is 0.0908. The fourth-order valence-corrected chi connectivity index (χ4v) is 1.31. The molecule has 0 aromatic carbocycles. The van der Waals surface area contributed by atoms with Gasteiger partial charge in [-0.05, 0) is 12.8 Å². The van der Waals surface area contributed by atoms with Gasteiger partial charge in [0.05, 0.1) is 12.3 Å². The molecule has 0 aromatic heterocycles. The summed E-state index contributed by atoms with van der Waals surface area (Å²) in [6.07, 6.45) is 0. The Bertz CT molecular complexity index is 264. The summed E-state index contributed by atoms with van der Waals surface area (Å²) in [7, 11) is 0. The van der Waals surface area contributed by atoms with Gasteiger partial charge in [-0.3, -0.25) is 9.69 Å². The van der Waals surface area contributed by atoms with Crippen LogP contribution in [-0.4, -0.2) is 49.3 Å². The van der Waals surface area contributed by atoms with Gasteiger partial charge in [-0.25, -0.2) is 0 Å². The number of hydrogen-bond acceptors (Lipinski definition) is 4. The van der Waals surface area contributed by atoms with Crippen LogP contribution < -0.4 is 5.32 Å². The summed E-state index contributed by atoms with van der Waals surface area (Å²) >= 11 is 0. The Morgan fingerprint density at radius 3 is 3.00 bits per heavy atom. The third kappa shape index (κ3) is 4.61. The Morgan fingerprint density at radius 1 is 1.62 bits per heavy atom. The van der Waals surface area contributed by atoms with Crippen molar-refractivity contribution in [2.75, 3.05) is 32.8 Å². The second-order valence-electron chi connectivity index (χ2n) is 4.35. The van der Waals surface area contributed by atoms with Crippen molar-refractivity contribution in [3.63, 3.8) is 0 Å². The van der Waals surface area contributed by atoms with Gasteiger partial charge in [-0.15, -0.1) is 0 Å². The fourth-order valence-electron chi connectivity index (χ4n) is 1.31. The number of rotatable bonds is 5. The molecule has 1 saturated heterocycles. The first-order valence-corrected chi connectivity index (χ1v) is 5.75. The lowest BCUT2D eigenvalue weighted by atomic mass is 10.1. The number of amides is 1. The van der Waals surface area contributed by atoms with Crippen LogP contribution in [0, 0.1) is 5.92 Å². The molecule has 92 valence electrons. The highest BCUT2D eigenvalue weighted by atomic mass is 16.6. The summed E-state index contributed by atoms with van der Waals surface area (Å²) < 4.78 is 0. The van der Waals surface area contributed by atoms with Crippen LogP contribution in [-0.2, 0) is 9.63 Å². The van der Waals surface area contributed by atoms with Gasteiger partial charge in [0.25, 0.3) is 0 Å². The molecule has 1 aliphatic rings. The van der Waals surface area contributed by atoms with Gasteiger partial charge < -0.3 is 10.2 Å². The van der Waals surface area contributed by atoms with E-state index in [0.717, 1.165) is 25.3 Å². The first-order valence-electron chi connectivity index (χ1n) is 5.75. The van der Waals surface area contributed by atoms with Crippen molar-refractivity contribution in [2.45, 2.75) is 20.8 Å². The molecule has 16 heavy (non-hydrogen) atoms. The van der Waals surface area contributed by atoms with Crippen molar-refractivity contribution in [3.8, 4) is 0 Å². The third-order valence-electron chi connectivity index (χ3n) is 2.66. The Kier molecular flexibility index (Phi) is 5.25. The topological polar surface area (TPSA) is 53.9 Å². The molecule has 1 amide bonds. The van der Waals surface area contributed by atoms with E-state index in [1.165, 1.54) is 0 Å². The maximum absolute atomic E-state index is 11.1. The van der Waals surface area contributed by atoms with Crippen molar-refractivity contribution in [3.05, 3.63) is 0 Å². The predicted molar refractivity (Wildman–Crippen MR) is 63.3 cm³/mol. The Morgan fingerprint density at radius 2 is 2.38 bits per heavy atom. The average molecular weight is 227 g/mol. The van der Waals surface area contributed by atoms with Crippen LogP contribution in [0.4, 0.5) is 0 Å². The molecule has 1 N–H and O–H groups in total. The lowest BCUT2D eigenvalue weighted by Crippen LogP contribution is -2.48. The molecule has 0 unspecified atom stereocenters. The van der Waals surface area contributed by atoms with Gasteiger partial charge in [0.15, 0.2) is 0 Å². The lowest BCUT2D eigenvalue weighted by molar-refractivity contribution is -0.124. The molecule has 5 nitrogen and oxygen atoms in total. The van der Waals surface area contributed by atoms with E-state index in [0.29, 0.717) is 19.1 Å². The minimum atomic E-state index is 0.0908. The summed E-state index contributed by atoms with van der Waals surface area (Å²) in [4.78, 5) is 18.4. The molecule has 1 aliphatic heterocycles. The zero-order chi connectivity index (χ0) is 12.0. The van der Waals surface area contributed by atoms with Crippen LogP contribution >= 0.6 is 0 Å². The molecule has 0 spiro atoms. The molecule has 1 heterocycles. The quantitative estimate of drug-likeness (QED) is 0.422. The highest BCUT2D eigenvalue weighted by Crippen LogP contribution is 1.97. The molecule has 0 bridgehead atoms. The van der Waals surface area contributed by atoms with Gasteiger partial charge in [0.1, 0.15) is 6.61 Å². The van der Waals surface area contributed by atoms with Crippen LogP contribution in [0.1, 0.15) is 20.8 Å². The van der Waals surface area contributed by atoms with Gasteiger partial charge in [-0.2, -0.15) is 0 Å². The molecule has 0 atom stereocenters. The van der Waals surface area contributed by atoms with E-state index in [1.54, 1.807) is 0 Å². The van der Waals surface area contributed by atoms with Gasteiger partial charge >= 0.3 is 0 Å². The van der Waals surface area contributed by atoms with Gasteiger partial charge in [-0.1, -0.05) is 19.0 Å². The van der Waals surface area contributed by atoms with Crippen LogP contribution in [0.2, 0.25) is 0 Å². The van der Waals surface area contributed by atoms with Crippen LogP contribution in [0.5, 0.6) is 0 Å². The van der Waals surface area contributed by atoms with Crippen molar-refractivity contribution in [1.82, 2.24) is 10.2 Å². The van der Waals surface area contributed by atoms with E-state index in [4.69, 9.17) is 4.84 Å². The molecule has 0 aromatic rings. The zero-order valence-corrected chi connectivity index (χ0v) is 10.3. The first kappa shape index (κ1) is 13.0. The number of piperazine rings is 1. The van der Waals surface area contributed by atoms with Crippen molar-refractivity contribution in [1.29, 1.82) is 0 Å². The predicted octanol–water partition coefficient (Wildman–Crippen LogP) is 0.467. The van der Waals surface area contributed by atoms with E-state index in [-0.39, 0.29) is 5.91 Å². The smallest absolute Gasteiger partial charge is 0.234 e. The van der Waals surface area contributed by atoms with E-state index in [1.807, 2.05) is 6.92 Å². The number of hydrogen-bond donors (Lipinski definition) is 1. The third-order valence-corrected chi connectivity index (χ3v) is 2.66. The molecule has 1 rings (SSSR count). The molecule has 1 fully saturated rings. The molecule has 0 aliphatic carbocycles. The second kappa shape index (κ2) is 6.48. The summed E-state index contributed by atoms with van der Waals surface area (Å²) in [6.45, 7) is 9.50. The number of carbonyl (C=O) groups is 1. The number of nitrogens with one attached hydrogen (secondary N) is 1. The average Bonchev–Trinajstić information content (AvgIpc) is 2.24. The van der Waals surface area contributed by atoms with E-state index in [2.05, 4.69) is 29.2 Å². The first-order chi connectivity index (χ1) is 7.59. The molecule has 5 heteroatoms. The Labute approximate surface area is 96.8 Å². The monoisotopic (exact) mass is 227 g/mol. The van der Waals surface area contributed by atoms with Crippen molar-refractivity contribution >= 4 is 11.6 Å². The van der Waals surface area contributed by atoms with E-state index in [9.17, 15) is 4.79 Å². The maximum Gasteiger partial charge on any atom is 0.234 e. The zero-order valence-electron chi connectivity index (χ0n) is 10.3. The summed E-state index contributed by atoms with van der Waals surface area (Å²) in [6, 6.07) is 0. The standard InChI is InChI=1S/C11H21N3O2/c1-9(2)10(3)13-16-7-6-14-5-4-12-11(15)8-14/h9H,4-8H2,1-3H3,(H,12,15)/b13-10+. The Hall–Kier alpha value is -1.10.